The first-order valence-electron chi connectivity index (χ1n) is 6.81. The lowest BCUT2D eigenvalue weighted by Crippen LogP contribution is -2.49. The summed E-state index contributed by atoms with van der Waals surface area (Å²) in [7, 11) is 0. The van der Waals surface area contributed by atoms with Crippen molar-refractivity contribution in [3.8, 4) is 0 Å². The molecule has 4 nitrogen and oxygen atoms in total. The molecule has 0 radical (unpaired) electrons. The van der Waals surface area contributed by atoms with Crippen LogP contribution in [0.3, 0.4) is 0 Å². The number of carbonyl (C=O) groups excluding carboxylic acids is 1. The van der Waals surface area contributed by atoms with Crippen LogP contribution in [0.25, 0.3) is 0 Å². The van der Waals surface area contributed by atoms with E-state index < -0.39 is 0 Å². The average molecular weight is 352 g/mol. The third-order valence-electron chi connectivity index (χ3n) is 3.50. The van der Waals surface area contributed by atoms with Crippen LogP contribution in [-0.2, 0) is 13.0 Å². The lowest BCUT2D eigenvalue weighted by atomic mass is 10.0. The summed E-state index contributed by atoms with van der Waals surface area (Å²) in [5, 5.41) is 0.519. The van der Waals surface area contributed by atoms with Crippen molar-refractivity contribution in [2.45, 2.75) is 13.0 Å². The molecule has 3 rings (SSSR count). The molecule has 0 spiro atoms. The van der Waals surface area contributed by atoms with Crippen LogP contribution in [0.4, 0.5) is 0 Å². The Labute approximate surface area is 143 Å². The summed E-state index contributed by atoms with van der Waals surface area (Å²) in [5.41, 5.74) is 8.06. The zero-order valence-electron chi connectivity index (χ0n) is 11.6. The van der Waals surface area contributed by atoms with Crippen molar-refractivity contribution in [2.24, 2.45) is 0 Å². The minimum atomic E-state index is -0.239. The molecule has 114 valence electrons. The van der Waals surface area contributed by atoms with Gasteiger partial charge in [-0.05, 0) is 41.9 Å². The number of amides is 1. The van der Waals surface area contributed by atoms with Crippen molar-refractivity contribution in [1.29, 1.82) is 0 Å². The summed E-state index contributed by atoms with van der Waals surface area (Å²) in [5.74, 6) is -0.239. The maximum Gasteiger partial charge on any atom is 0.279 e. The van der Waals surface area contributed by atoms with Gasteiger partial charge in [-0.2, -0.15) is 0 Å². The quantitative estimate of drug-likeness (QED) is 0.612. The number of hydrogen-bond acceptors (Lipinski definition) is 3. The molecule has 1 aliphatic rings. The third kappa shape index (κ3) is 3.40. The number of halogens is 1. The zero-order chi connectivity index (χ0) is 15.5. The summed E-state index contributed by atoms with van der Waals surface area (Å²) >= 11 is 12.4. The Morgan fingerprint density at radius 1 is 1.18 bits per heavy atom. The van der Waals surface area contributed by atoms with Crippen LogP contribution in [0.5, 0.6) is 0 Å². The van der Waals surface area contributed by atoms with Crippen molar-refractivity contribution in [1.82, 2.24) is 15.8 Å². The van der Waals surface area contributed by atoms with Gasteiger partial charge in [0.15, 0.2) is 5.11 Å². The first-order chi connectivity index (χ1) is 10.6. The van der Waals surface area contributed by atoms with Gasteiger partial charge >= 0.3 is 0 Å². The number of rotatable bonds is 1. The number of fused-ring (bicyclic) bond motifs is 1. The number of nitrogens with one attached hydrogen (secondary N) is 2. The molecule has 2 N–H and O–H groups in total. The first kappa shape index (κ1) is 15.3. The molecule has 0 atom stereocenters. The van der Waals surface area contributed by atoms with Gasteiger partial charge in [0.1, 0.15) is 0 Å². The van der Waals surface area contributed by atoms with Crippen LogP contribution in [0.1, 0.15) is 20.8 Å². The standard InChI is InChI=1S/C15H14ClN3OS2/c16-13-6-5-12(22-13)14(20)17-18-15(21)19-8-7-10-3-1-2-4-11(10)9-19/h1-6H,7-9H2,(H,17,20)(H,18,21). The second-order valence-corrected chi connectivity index (χ2v) is 7.03. The molecular weight excluding hydrogens is 338 g/mol. The van der Waals surface area contributed by atoms with Gasteiger partial charge in [0.2, 0.25) is 0 Å². The minimum Gasteiger partial charge on any atom is -0.343 e. The number of carbonyl (C=O) groups is 1. The van der Waals surface area contributed by atoms with Crippen molar-refractivity contribution in [3.63, 3.8) is 0 Å². The SMILES string of the molecule is O=C(NNC(=S)N1CCc2ccccc2C1)c1ccc(Cl)s1. The largest absolute Gasteiger partial charge is 0.343 e. The molecule has 0 bridgehead atoms. The summed E-state index contributed by atoms with van der Waals surface area (Å²) in [4.78, 5) is 14.5. The Bertz CT molecular complexity index is 716. The maximum absolute atomic E-state index is 11.9. The smallest absolute Gasteiger partial charge is 0.279 e. The van der Waals surface area contributed by atoms with Crippen LogP contribution in [0.15, 0.2) is 36.4 Å². The van der Waals surface area contributed by atoms with E-state index in [4.69, 9.17) is 23.8 Å². The van der Waals surface area contributed by atoms with Crippen molar-refractivity contribution >= 4 is 46.2 Å². The molecule has 0 aliphatic carbocycles. The number of thiocarbonyl (C=S) groups is 1. The molecule has 2 aromatic rings. The molecule has 7 heteroatoms. The van der Waals surface area contributed by atoms with Crippen LogP contribution in [-0.4, -0.2) is 22.5 Å². The zero-order valence-corrected chi connectivity index (χ0v) is 14.0. The normalized spacial score (nSPS) is 13.4. The molecule has 0 unspecified atom stereocenters. The number of hydrazine groups is 1. The highest BCUT2D eigenvalue weighted by Crippen LogP contribution is 2.21. The fraction of sp³-hybridized carbons (Fsp3) is 0.200. The number of hydrogen-bond donors (Lipinski definition) is 2. The highest BCUT2D eigenvalue weighted by Gasteiger charge is 2.18. The van der Waals surface area contributed by atoms with E-state index in [0.717, 1.165) is 19.5 Å². The summed E-state index contributed by atoms with van der Waals surface area (Å²) in [6, 6.07) is 11.7. The van der Waals surface area contributed by atoms with Crippen molar-refractivity contribution in [2.75, 3.05) is 6.54 Å². The van der Waals surface area contributed by atoms with Gasteiger partial charge in [0.05, 0.1) is 9.21 Å². The molecule has 2 heterocycles. The second kappa shape index (κ2) is 6.64. The van der Waals surface area contributed by atoms with E-state index in [1.807, 2.05) is 11.0 Å². The maximum atomic E-state index is 11.9. The number of thiophene rings is 1. The van der Waals surface area contributed by atoms with Gasteiger partial charge in [-0.3, -0.25) is 15.6 Å². The van der Waals surface area contributed by atoms with E-state index in [2.05, 4.69) is 29.1 Å². The van der Waals surface area contributed by atoms with Crippen LogP contribution in [0, 0.1) is 0 Å². The van der Waals surface area contributed by atoms with E-state index >= 15 is 0 Å². The fourth-order valence-corrected chi connectivity index (χ4v) is 3.50. The van der Waals surface area contributed by atoms with E-state index in [1.165, 1.54) is 22.5 Å². The highest BCUT2D eigenvalue weighted by atomic mass is 35.5. The summed E-state index contributed by atoms with van der Waals surface area (Å²) in [6.45, 7) is 1.59. The summed E-state index contributed by atoms with van der Waals surface area (Å²) < 4.78 is 0.584. The molecule has 1 aliphatic heterocycles. The second-order valence-electron chi connectivity index (χ2n) is 4.93. The highest BCUT2D eigenvalue weighted by molar-refractivity contribution is 7.80. The van der Waals surface area contributed by atoms with Crippen LogP contribution >= 0.6 is 35.2 Å². The first-order valence-corrected chi connectivity index (χ1v) is 8.41. The Kier molecular flexibility index (Phi) is 4.61. The van der Waals surface area contributed by atoms with Crippen LogP contribution in [0.2, 0.25) is 4.34 Å². The molecule has 0 fully saturated rings. The van der Waals surface area contributed by atoms with Gasteiger partial charge < -0.3 is 4.90 Å². The predicted octanol–water partition coefficient (Wildman–Crippen LogP) is 2.98. The molecular formula is C15H14ClN3OS2. The third-order valence-corrected chi connectivity index (χ3v) is 5.09. The van der Waals surface area contributed by atoms with Crippen molar-refractivity contribution in [3.05, 3.63) is 56.7 Å². The average Bonchev–Trinajstić information content (AvgIpc) is 2.98. The molecule has 1 aromatic carbocycles. The van der Waals surface area contributed by atoms with Gasteiger partial charge in [0.25, 0.3) is 5.91 Å². The molecule has 22 heavy (non-hydrogen) atoms. The lowest BCUT2D eigenvalue weighted by Gasteiger charge is -2.31. The van der Waals surface area contributed by atoms with E-state index in [-0.39, 0.29) is 5.91 Å². The van der Waals surface area contributed by atoms with E-state index in [9.17, 15) is 4.79 Å². The number of nitrogens with zero attached hydrogens (tertiary/aromatic N) is 1. The number of benzene rings is 1. The van der Waals surface area contributed by atoms with E-state index in [0.29, 0.717) is 14.3 Å². The fourth-order valence-electron chi connectivity index (χ4n) is 2.36. The summed E-state index contributed by atoms with van der Waals surface area (Å²) in [6.07, 6.45) is 0.951. The van der Waals surface area contributed by atoms with Gasteiger partial charge in [-0.1, -0.05) is 35.9 Å². The Morgan fingerprint density at radius 3 is 2.68 bits per heavy atom. The van der Waals surface area contributed by atoms with Gasteiger partial charge in [-0.15, -0.1) is 11.3 Å². The van der Waals surface area contributed by atoms with Gasteiger partial charge in [-0.25, -0.2) is 0 Å². The predicted molar refractivity (Wildman–Crippen MR) is 93.1 cm³/mol. The Morgan fingerprint density at radius 2 is 1.95 bits per heavy atom. The minimum absolute atomic E-state index is 0.239. The topological polar surface area (TPSA) is 44.4 Å². The molecule has 0 saturated heterocycles. The van der Waals surface area contributed by atoms with Gasteiger partial charge in [0, 0.05) is 13.1 Å². The van der Waals surface area contributed by atoms with E-state index in [1.54, 1.807) is 12.1 Å². The molecule has 1 aromatic heterocycles. The molecule has 1 amide bonds. The molecule has 0 saturated carbocycles. The van der Waals surface area contributed by atoms with Crippen LogP contribution < -0.4 is 10.9 Å². The Hall–Kier alpha value is -1.63. The lowest BCUT2D eigenvalue weighted by molar-refractivity contribution is 0.0946. The monoisotopic (exact) mass is 351 g/mol. The Balaban J connectivity index is 1.56. The van der Waals surface area contributed by atoms with Crippen molar-refractivity contribution < 1.29 is 4.79 Å².